The molecular weight excluding hydrogens is 447 g/mol. The summed E-state index contributed by atoms with van der Waals surface area (Å²) in [6.45, 7) is 4.37. The summed E-state index contributed by atoms with van der Waals surface area (Å²) < 4.78 is 6.96. The molecule has 0 atom stereocenters. The van der Waals surface area contributed by atoms with Crippen molar-refractivity contribution in [3.05, 3.63) is 85.8 Å². The third-order valence-corrected chi connectivity index (χ3v) is 6.16. The van der Waals surface area contributed by atoms with E-state index in [-0.39, 0.29) is 5.56 Å². The number of nitrogens with zero attached hydrogens (tertiary/aromatic N) is 4. The zero-order chi connectivity index (χ0) is 22.7. The van der Waals surface area contributed by atoms with E-state index in [1.165, 1.54) is 0 Å². The van der Waals surface area contributed by atoms with Crippen molar-refractivity contribution in [2.75, 3.05) is 31.8 Å². The van der Waals surface area contributed by atoms with Gasteiger partial charge in [0.2, 0.25) is 5.95 Å². The molecule has 168 valence electrons. The van der Waals surface area contributed by atoms with Crippen LogP contribution < -0.4 is 10.5 Å². The fourth-order valence-corrected chi connectivity index (χ4v) is 4.50. The minimum atomic E-state index is -0.0251. The van der Waals surface area contributed by atoms with Gasteiger partial charge < -0.3 is 4.74 Å². The predicted octanol–water partition coefficient (Wildman–Crippen LogP) is 4.85. The van der Waals surface area contributed by atoms with Gasteiger partial charge >= 0.3 is 0 Å². The van der Waals surface area contributed by atoms with E-state index in [1.807, 2.05) is 48.2 Å². The van der Waals surface area contributed by atoms with Gasteiger partial charge in [-0.3, -0.25) is 19.2 Å². The summed E-state index contributed by atoms with van der Waals surface area (Å²) in [5.74, 6) is 0.594. The first-order valence-electron chi connectivity index (χ1n) is 10.6. The van der Waals surface area contributed by atoms with Crippen molar-refractivity contribution < 1.29 is 4.74 Å². The summed E-state index contributed by atoms with van der Waals surface area (Å²) in [4.78, 5) is 22.7. The molecule has 0 saturated heterocycles. The van der Waals surface area contributed by atoms with Gasteiger partial charge in [0.1, 0.15) is 0 Å². The van der Waals surface area contributed by atoms with Gasteiger partial charge in [0.05, 0.1) is 29.7 Å². The number of halogens is 2. The molecular formula is C24H26Cl2N4O2. The van der Waals surface area contributed by atoms with Gasteiger partial charge in [0.25, 0.3) is 5.56 Å². The second-order valence-electron chi connectivity index (χ2n) is 7.92. The van der Waals surface area contributed by atoms with E-state index >= 15 is 0 Å². The fraction of sp³-hybridized carbons (Fsp3) is 0.333. The van der Waals surface area contributed by atoms with Gasteiger partial charge in [-0.1, -0.05) is 53.5 Å². The summed E-state index contributed by atoms with van der Waals surface area (Å²) >= 11 is 12.7. The number of rotatable bonds is 7. The number of hydrogen-bond acceptors (Lipinski definition) is 5. The van der Waals surface area contributed by atoms with Crippen LogP contribution in [0.15, 0.2) is 53.3 Å². The molecule has 2 heterocycles. The van der Waals surface area contributed by atoms with Crippen molar-refractivity contribution in [1.29, 1.82) is 0 Å². The molecule has 0 aliphatic carbocycles. The first-order chi connectivity index (χ1) is 15.5. The lowest BCUT2D eigenvalue weighted by atomic mass is 10.1. The van der Waals surface area contributed by atoms with E-state index in [1.54, 1.807) is 23.8 Å². The fourth-order valence-electron chi connectivity index (χ4n) is 3.99. The summed E-state index contributed by atoms with van der Waals surface area (Å²) in [6.07, 6.45) is 1.41. The van der Waals surface area contributed by atoms with Crippen molar-refractivity contribution in [2.24, 2.45) is 0 Å². The molecule has 0 amide bonds. The highest BCUT2D eigenvalue weighted by Crippen LogP contribution is 2.35. The largest absolute Gasteiger partial charge is 0.385 e. The lowest BCUT2D eigenvalue weighted by molar-refractivity contribution is 0.150. The number of hydrogen-bond donors (Lipinski definition) is 0. The molecule has 0 fully saturated rings. The van der Waals surface area contributed by atoms with E-state index in [2.05, 4.69) is 4.90 Å². The molecule has 0 saturated carbocycles. The highest BCUT2D eigenvalue weighted by molar-refractivity contribution is 6.36. The monoisotopic (exact) mass is 472 g/mol. The molecule has 0 radical (unpaired) electrons. The molecule has 0 spiro atoms. The third-order valence-electron chi connectivity index (χ3n) is 5.62. The lowest BCUT2D eigenvalue weighted by Gasteiger charge is -2.38. The number of benzene rings is 2. The number of methoxy groups -OCH3 is 1. The SMILES string of the molecule is COCCCN1CN(c2ccc(Cl)cc2Cl)c2nc(C)c(Cc3ccccc3)c(=O)n2C1. The Kier molecular flexibility index (Phi) is 7.16. The van der Waals surface area contributed by atoms with Crippen LogP contribution in [0.3, 0.4) is 0 Å². The van der Waals surface area contributed by atoms with Crippen LogP contribution in [0.5, 0.6) is 0 Å². The summed E-state index contributed by atoms with van der Waals surface area (Å²) in [6, 6.07) is 15.4. The number of ether oxygens (including phenoxy) is 1. The molecule has 1 aliphatic rings. The highest BCUT2D eigenvalue weighted by atomic mass is 35.5. The molecule has 0 unspecified atom stereocenters. The molecule has 2 aromatic carbocycles. The van der Waals surface area contributed by atoms with Gasteiger partial charge in [-0.25, -0.2) is 4.98 Å². The highest BCUT2D eigenvalue weighted by Gasteiger charge is 2.29. The minimum absolute atomic E-state index is 0.0251. The predicted molar refractivity (Wildman–Crippen MR) is 129 cm³/mol. The van der Waals surface area contributed by atoms with Crippen LogP contribution in [-0.2, 0) is 17.8 Å². The Labute approximate surface area is 198 Å². The van der Waals surface area contributed by atoms with Crippen LogP contribution in [0.25, 0.3) is 0 Å². The molecule has 0 bridgehead atoms. The summed E-state index contributed by atoms with van der Waals surface area (Å²) in [5.41, 5.74) is 3.26. The zero-order valence-electron chi connectivity index (χ0n) is 18.2. The van der Waals surface area contributed by atoms with Crippen LogP contribution in [-0.4, -0.2) is 41.4 Å². The molecule has 3 aromatic rings. The van der Waals surface area contributed by atoms with Gasteiger partial charge in [-0.05, 0) is 37.1 Å². The van der Waals surface area contributed by atoms with Gasteiger partial charge in [0, 0.05) is 37.3 Å². The van der Waals surface area contributed by atoms with Crippen molar-refractivity contribution in [3.8, 4) is 0 Å². The van der Waals surface area contributed by atoms with Crippen LogP contribution in [0.1, 0.15) is 23.2 Å². The molecule has 4 rings (SSSR count). The molecule has 1 aromatic heterocycles. The molecule has 0 N–H and O–H groups in total. The maximum atomic E-state index is 13.6. The van der Waals surface area contributed by atoms with Gasteiger partial charge in [0.15, 0.2) is 0 Å². The average molecular weight is 473 g/mol. The molecule has 32 heavy (non-hydrogen) atoms. The Morgan fingerprint density at radius 1 is 1.09 bits per heavy atom. The summed E-state index contributed by atoms with van der Waals surface area (Å²) in [7, 11) is 1.69. The maximum Gasteiger partial charge on any atom is 0.259 e. The van der Waals surface area contributed by atoms with Crippen molar-refractivity contribution >= 4 is 34.8 Å². The van der Waals surface area contributed by atoms with E-state index in [9.17, 15) is 4.79 Å². The summed E-state index contributed by atoms with van der Waals surface area (Å²) in [5, 5.41) is 1.08. The van der Waals surface area contributed by atoms with Crippen molar-refractivity contribution in [1.82, 2.24) is 14.5 Å². The molecule has 1 aliphatic heterocycles. The minimum Gasteiger partial charge on any atom is -0.385 e. The number of aromatic nitrogens is 2. The van der Waals surface area contributed by atoms with Gasteiger partial charge in [-0.2, -0.15) is 0 Å². The Hall–Kier alpha value is -2.38. The Morgan fingerprint density at radius 3 is 2.59 bits per heavy atom. The quantitative estimate of drug-likeness (QED) is 0.459. The van der Waals surface area contributed by atoms with Crippen LogP contribution in [0.4, 0.5) is 11.6 Å². The Morgan fingerprint density at radius 2 is 1.88 bits per heavy atom. The van der Waals surface area contributed by atoms with E-state index in [0.29, 0.717) is 47.9 Å². The maximum absolute atomic E-state index is 13.6. The van der Waals surface area contributed by atoms with Crippen LogP contribution in [0, 0.1) is 6.92 Å². The second kappa shape index (κ2) is 10.0. The van der Waals surface area contributed by atoms with Crippen molar-refractivity contribution in [2.45, 2.75) is 26.4 Å². The Balaban J connectivity index is 1.78. The standard InChI is InChI=1S/C24H26Cl2N4O2/c1-17-20(13-18-7-4-3-5-8-18)23(31)30-16-28(11-6-12-32-2)15-29(24(30)27-17)22-10-9-19(25)14-21(22)26/h3-5,7-10,14H,6,11-13,15-16H2,1-2H3. The third kappa shape index (κ3) is 4.84. The van der Waals surface area contributed by atoms with Crippen LogP contribution in [0.2, 0.25) is 10.0 Å². The van der Waals surface area contributed by atoms with Crippen LogP contribution >= 0.6 is 23.2 Å². The molecule has 6 nitrogen and oxygen atoms in total. The average Bonchev–Trinajstić information content (AvgIpc) is 2.78. The topological polar surface area (TPSA) is 50.6 Å². The number of aryl methyl sites for hydroxylation is 1. The Bertz CT molecular complexity index is 1150. The van der Waals surface area contributed by atoms with E-state index in [4.69, 9.17) is 32.9 Å². The van der Waals surface area contributed by atoms with Crippen molar-refractivity contribution in [3.63, 3.8) is 0 Å². The smallest absolute Gasteiger partial charge is 0.259 e. The first kappa shape index (κ1) is 22.8. The van der Waals surface area contributed by atoms with E-state index < -0.39 is 0 Å². The zero-order valence-corrected chi connectivity index (χ0v) is 19.7. The first-order valence-corrected chi connectivity index (χ1v) is 11.3. The number of fused-ring (bicyclic) bond motifs is 1. The van der Waals surface area contributed by atoms with Gasteiger partial charge in [-0.15, -0.1) is 0 Å². The lowest BCUT2D eigenvalue weighted by Crippen LogP contribution is -2.48. The number of anilines is 2. The normalized spacial score (nSPS) is 13.9. The molecule has 8 heteroatoms. The van der Waals surface area contributed by atoms with E-state index in [0.717, 1.165) is 29.9 Å². The second-order valence-corrected chi connectivity index (χ2v) is 8.76.